The minimum absolute atomic E-state index is 0.0165. The molecule has 0 spiro atoms. The van der Waals surface area contributed by atoms with Crippen molar-refractivity contribution in [2.75, 3.05) is 18.6 Å². The molecule has 1 atom stereocenters. The van der Waals surface area contributed by atoms with E-state index in [1.807, 2.05) is 6.92 Å². The maximum Gasteiger partial charge on any atom is 0.387 e. The third-order valence-electron chi connectivity index (χ3n) is 2.93. The molecule has 1 aromatic carbocycles. The van der Waals surface area contributed by atoms with Crippen LogP contribution in [0, 0.1) is 0 Å². The van der Waals surface area contributed by atoms with Gasteiger partial charge in [0.1, 0.15) is 15.6 Å². The molecule has 1 aromatic rings. The van der Waals surface area contributed by atoms with Crippen molar-refractivity contribution in [1.29, 1.82) is 0 Å². The third kappa shape index (κ3) is 6.86. The van der Waals surface area contributed by atoms with Crippen molar-refractivity contribution in [3.63, 3.8) is 0 Å². The fraction of sp³-hybridized carbons (Fsp3) is 0.571. The lowest BCUT2D eigenvalue weighted by atomic mass is 10.0. The smallest absolute Gasteiger partial charge is 0.387 e. The number of alkyl halides is 2. The first kappa shape index (κ1) is 17.8. The Bertz CT molecular complexity index is 535. The lowest BCUT2D eigenvalue weighted by Crippen LogP contribution is -2.25. The number of halogens is 2. The fourth-order valence-corrected chi connectivity index (χ4v) is 2.65. The van der Waals surface area contributed by atoms with E-state index in [2.05, 4.69) is 10.1 Å². The highest BCUT2D eigenvalue weighted by Gasteiger charge is 2.19. The van der Waals surface area contributed by atoms with Gasteiger partial charge in [0.2, 0.25) is 0 Å². The minimum atomic E-state index is -3.12. The van der Waals surface area contributed by atoms with Crippen LogP contribution in [0.5, 0.6) is 5.75 Å². The zero-order valence-corrected chi connectivity index (χ0v) is 13.0. The highest BCUT2D eigenvalue weighted by molar-refractivity contribution is 7.90. The molecular formula is C14H21F2NO3S. The SMILES string of the molecule is CCCNC(CCS(C)(=O)=O)c1ccccc1OC(F)F. The Balaban J connectivity index is 2.96. The predicted octanol–water partition coefficient (Wildman–Crippen LogP) is 2.76. The molecule has 0 radical (unpaired) electrons. The Morgan fingerprint density at radius 2 is 1.95 bits per heavy atom. The lowest BCUT2D eigenvalue weighted by molar-refractivity contribution is -0.0507. The van der Waals surface area contributed by atoms with E-state index < -0.39 is 16.4 Å². The van der Waals surface area contributed by atoms with Crippen LogP contribution in [0.1, 0.15) is 31.4 Å². The van der Waals surface area contributed by atoms with Crippen molar-refractivity contribution in [3.8, 4) is 5.75 Å². The first-order valence-electron chi connectivity index (χ1n) is 6.78. The highest BCUT2D eigenvalue weighted by Crippen LogP contribution is 2.28. The van der Waals surface area contributed by atoms with Gasteiger partial charge in [-0.2, -0.15) is 8.78 Å². The molecule has 0 heterocycles. The summed E-state index contributed by atoms with van der Waals surface area (Å²) in [6.07, 6.45) is 2.32. The number of hydrogen-bond donors (Lipinski definition) is 1. The molecule has 0 aliphatic rings. The molecule has 0 aliphatic heterocycles. The summed E-state index contributed by atoms with van der Waals surface area (Å²) in [6, 6.07) is 6.12. The van der Waals surface area contributed by atoms with Crippen molar-refractivity contribution >= 4 is 9.84 Å². The summed E-state index contributed by atoms with van der Waals surface area (Å²) in [7, 11) is -3.12. The van der Waals surface area contributed by atoms with Gasteiger partial charge in [0.05, 0.1) is 5.75 Å². The molecule has 1 rings (SSSR count). The summed E-state index contributed by atoms with van der Waals surface area (Å²) in [4.78, 5) is 0. The summed E-state index contributed by atoms with van der Waals surface area (Å²) in [5, 5.41) is 3.18. The average molecular weight is 321 g/mol. The van der Waals surface area contributed by atoms with E-state index in [0.29, 0.717) is 18.5 Å². The van der Waals surface area contributed by atoms with Gasteiger partial charge in [-0.15, -0.1) is 0 Å². The number of benzene rings is 1. The number of rotatable bonds is 9. The molecule has 7 heteroatoms. The van der Waals surface area contributed by atoms with E-state index >= 15 is 0 Å². The monoisotopic (exact) mass is 321 g/mol. The Labute approximate surface area is 124 Å². The topological polar surface area (TPSA) is 55.4 Å². The van der Waals surface area contributed by atoms with Gasteiger partial charge < -0.3 is 10.1 Å². The van der Waals surface area contributed by atoms with E-state index in [0.717, 1.165) is 12.7 Å². The van der Waals surface area contributed by atoms with Crippen molar-refractivity contribution in [2.45, 2.75) is 32.4 Å². The van der Waals surface area contributed by atoms with E-state index in [1.54, 1.807) is 18.2 Å². The largest absolute Gasteiger partial charge is 0.434 e. The van der Waals surface area contributed by atoms with Crippen molar-refractivity contribution in [1.82, 2.24) is 5.32 Å². The maximum atomic E-state index is 12.5. The molecule has 0 aliphatic carbocycles. The zero-order valence-electron chi connectivity index (χ0n) is 12.2. The number of sulfone groups is 1. The van der Waals surface area contributed by atoms with Crippen LogP contribution >= 0.6 is 0 Å². The molecule has 0 amide bonds. The molecule has 0 aromatic heterocycles. The van der Waals surface area contributed by atoms with Crippen LogP contribution in [0.25, 0.3) is 0 Å². The molecule has 0 saturated heterocycles. The molecule has 1 unspecified atom stereocenters. The fourth-order valence-electron chi connectivity index (χ4n) is 1.99. The van der Waals surface area contributed by atoms with Gasteiger partial charge in [0.15, 0.2) is 0 Å². The van der Waals surface area contributed by atoms with Gasteiger partial charge in [-0.1, -0.05) is 25.1 Å². The molecule has 0 bridgehead atoms. The standard InChI is InChI=1S/C14H21F2NO3S/c1-3-9-17-12(8-10-21(2,18)19)11-6-4-5-7-13(11)20-14(15)16/h4-7,12,14,17H,3,8-10H2,1-2H3. The number of hydrogen-bond acceptors (Lipinski definition) is 4. The predicted molar refractivity (Wildman–Crippen MR) is 78.4 cm³/mol. The van der Waals surface area contributed by atoms with Crippen LogP contribution in [0.15, 0.2) is 24.3 Å². The highest BCUT2D eigenvalue weighted by atomic mass is 32.2. The second kappa shape index (κ2) is 8.29. The van der Waals surface area contributed by atoms with E-state index in [9.17, 15) is 17.2 Å². The zero-order chi connectivity index (χ0) is 15.9. The van der Waals surface area contributed by atoms with Gasteiger partial charge in [0, 0.05) is 17.9 Å². The second-order valence-corrected chi connectivity index (χ2v) is 7.10. The average Bonchev–Trinajstić information content (AvgIpc) is 2.38. The minimum Gasteiger partial charge on any atom is -0.434 e. The molecule has 120 valence electrons. The van der Waals surface area contributed by atoms with Gasteiger partial charge in [-0.25, -0.2) is 8.42 Å². The van der Waals surface area contributed by atoms with Crippen LogP contribution in [-0.4, -0.2) is 33.6 Å². The Morgan fingerprint density at radius 1 is 1.29 bits per heavy atom. The van der Waals surface area contributed by atoms with Crippen LogP contribution in [0.4, 0.5) is 8.78 Å². The molecular weight excluding hydrogens is 300 g/mol. The quantitative estimate of drug-likeness (QED) is 0.760. The van der Waals surface area contributed by atoms with E-state index in [-0.39, 0.29) is 17.5 Å². The summed E-state index contributed by atoms with van der Waals surface area (Å²) >= 11 is 0. The summed E-state index contributed by atoms with van der Waals surface area (Å²) < 4.78 is 52.1. The van der Waals surface area contributed by atoms with Crippen molar-refractivity contribution in [3.05, 3.63) is 29.8 Å². The summed E-state index contributed by atoms with van der Waals surface area (Å²) in [5.74, 6) is 0.0619. The van der Waals surface area contributed by atoms with Gasteiger partial charge >= 0.3 is 6.61 Å². The Morgan fingerprint density at radius 3 is 2.52 bits per heavy atom. The van der Waals surface area contributed by atoms with Crippen LogP contribution in [0.3, 0.4) is 0 Å². The van der Waals surface area contributed by atoms with Gasteiger partial charge in [0.25, 0.3) is 0 Å². The normalized spacial score (nSPS) is 13.4. The van der Waals surface area contributed by atoms with Gasteiger partial charge in [-0.3, -0.25) is 0 Å². The lowest BCUT2D eigenvalue weighted by Gasteiger charge is -2.21. The number of para-hydroxylation sites is 1. The Kier molecular flexibility index (Phi) is 7.04. The van der Waals surface area contributed by atoms with Gasteiger partial charge in [-0.05, 0) is 25.5 Å². The molecule has 0 saturated carbocycles. The van der Waals surface area contributed by atoms with E-state index in [1.165, 1.54) is 6.07 Å². The Hall–Kier alpha value is -1.21. The number of ether oxygens (including phenoxy) is 1. The second-order valence-electron chi connectivity index (χ2n) is 4.84. The van der Waals surface area contributed by atoms with Crippen LogP contribution in [-0.2, 0) is 9.84 Å². The van der Waals surface area contributed by atoms with Crippen molar-refractivity contribution in [2.24, 2.45) is 0 Å². The van der Waals surface area contributed by atoms with E-state index in [4.69, 9.17) is 0 Å². The summed E-state index contributed by atoms with van der Waals surface area (Å²) in [5.41, 5.74) is 0.551. The molecule has 21 heavy (non-hydrogen) atoms. The maximum absolute atomic E-state index is 12.5. The van der Waals surface area contributed by atoms with Crippen LogP contribution < -0.4 is 10.1 Å². The van der Waals surface area contributed by atoms with Crippen LogP contribution in [0.2, 0.25) is 0 Å². The third-order valence-corrected chi connectivity index (χ3v) is 3.91. The number of nitrogens with one attached hydrogen (secondary N) is 1. The molecule has 4 nitrogen and oxygen atoms in total. The first-order valence-corrected chi connectivity index (χ1v) is 8.84. The summed E-state index contributed by atoms with van der Waals surface area (Å²) in [6.45, 7) is -0.271. The molecule has 0 fully saturated rings. The first-order chi connectivity index (χ1) is 9.83. The van der Waals surface area contributed by atoms with Crippen molar-refractivity contribution < 1.29 is 21.9 Å². The molecule has 1 N–H and O–H groups in total.